The molecule has 0 saturated heterocycles. The summed E-state index contributed by atoms with van der Waals surface area (Å²) in [5.41, 5.74) is 3.52. The van der Waals surface area contributed by atoms with Crippen molar-refractivity contribution in [3.8, 4) is 0 Å². The van der Waals surface area contributed by atoms with Gasteiger partial charge in [0.25, 0.3) is 0 Å². The molecule has 5 heteroatoms. The number of hydrogen-bond acceptors (Lipinski definition) is 2. The van der Waals surface area contributed by atoms with Crippen LogP contribution in [-0.2, 0) is 18.3 Å². The monoisotopic (exact) mass is 313 g/mol. The highest BCUT2D eigenvalue weighted by Crippen LogP contribution is 2.21. The minimum atomic E-state index is -0.0971. The van der Waals surface area contributed by atoms with E-state index in [1.54, 1.807) is 12.1 Å². The van der Waals surface area contributed by atoms with Crippen LogP contribution in [0.1, 0.15) is 11.4 Å². The lowest BCUT2D eigenvalue weighted by Crippen LogP contribution is -2.14. The second kappa shape index (κ2) is 5.81. The van der Waals surface area contributed by atoms with Crippen LogP contribution in [0.4, 0.5) is 5.69 Å². The Kier molecular flexibility index (Phi) is 3.86. The van der Waals surface area contributed by atoms with Crippen LogP contribution in [0, 0.1) is 6.92 Å². The molecule has 0 fully saturated rings. The predicted octanol–water partition coefficient (Wildman–Crippen LogP) is 3.72. The number of benzene rings is 2. The van der Waals surface area contributed by atoms with Crippen molar-refractivity contribution >= 4 is 34.2 Å². The van der Waals surface area contributed by atoms with Gasteiger partial charge in [0.05, 0.1) is 28.2 Å². The maximum Gasteiger partial charge on any atom is 0.228 e. The molecule has 0 unspecified atom stereocenters. The van der Waals surface area contributed by atoms with Crippen LogP contribution < -0.4 is 5.32 Å². The molecule has 1 aromatic heterocycles. The fraction of sp³-hybridized carbons (Fsp3) is 0.176. The van der Waals surface area contributed by atoms with Crippen molar-refractivity contribution in [1.82, 2.24) is 9.55 Å². The van der Waals surface area contributed by atoms with Gasteiger partial charge < -0.3 is 9.88 Å². The third-order valence-corrected chi connectivity index (χ3v) is 4.01. The number of hydrogen-bond donors (Lipinski definition) is 1. The number of aryl methyl sites for hydroxylation is 2. The molecule has 0 bridgehead atoms. The minimum absolute atomic E-state index is 0.0971. The Morgan fingerprint density at radius 1 is 1.27 bits per heavy atom. The lowest BCUT2D eigenvalue weighted by molar-refractivity contribution is -0.115. The number of carbonyl (C=O) groups is 1. The topological polar surface area (TPSA) is 46.9 Å². The molecular weight excluding hydrogens is 298 g/mol. The van der Waals surface area contributed by atoms with Crippen molar-refractivity contribution in [2.75, 3.05) is 5.32 Å². The van der Waals surface area contributed by atoms with Crippen molar-refractivity contribution in [2.45, 2.75) is 13.3 Å². The summed E-state index contributed by atoms with van der Waals surface area (Å²) < 4.78 is 2.03. The molecule has 2 aromatic carbocycles. The Hall–Kier alpha value is -2.33. The Balaban J connectivity index is 1.78. The SMILES string of the molecule is Cc1nc2cc(CC(=O)Nc3ccccc3Cl)ccc2n1C. The largest absolute Gasteiger partial charge is 0.331 e. The molecule has 112 valence electrons. The number of para-hydroxylation sites is 1. The number of nitrogens with one attached hydrogen (secondary N) is 1. The number of halogens is 1. The number of fused-ring (bicyclic) bond motifs is 1. The third kappa shape index (κ3) is 2.83. The van der Waals surface area contributed by atoms with E-state index < -0.39 is 0 Å². The average Bonchev–Trinajstić information content (AvgIpc) is 2.76. The molecular formula is C17H16ClN3O. The van der Waals surface area contributed by atoms with Gasteiger partial charge in [-0.1, -0.05) is 29.8 Å². The Morgan fingerprint density at radius 2 is 2.05 bits per heavy atom. The van der Waals surface area contributed by atoms with Crippen molar-refractivity contribution in [3.63, 3.8) is 0 Å². The van der Waals surface area contributed by atoms with Crippen LogP contribution in [-0.4, -0.2) is 15.5 Å². The molecule has 0 radical (unpaired) electrons. The average molecular weight is 314 g/mol. The molecule has 3 aromatic rings. The Bertz CT molecular complexity index is 854. The quantitative estimate of drug-likeness (QED) is 0.801. The number of nitrogens with zero attached hydrogens (tertiary/aromatic N) is 2. The molecule has 0 aliphatic heterocycles. The Morgan fingerprint density at radius 3 is 2.82 bits per heavy atom. The first-order valence-corrected chi connectivity index (χ1v) is 7.39. The number of imidazole rings is 1. The van der Waals surface area contributed by atoms with Gasteiger partial charge in [-0.2, -0.15) is 0 Å². The summed E-state index contributed by atoms with van der Waals surface area (Å²) in [5.74, 6) is 0.854. The first kappa shape index (κ1) is 14.6. The lowest BCUT2D eigenvalue weighted by atomic mass is 10.1. The normalized spacial score (nSPS) is 10.9. The first-order valence-electron chi connectivity index (χ1n) is 7.01. The first-order chi connectivity index (χ1) is 10.5. The molecule has 0 aliphatic rings. The van der Waals surface area contributed by atoms with Gasteiger partial charge in [-0.25, -0.2) is 4.98 Å². The summed E-state index contributed by atoms with van der Waals surface area (Å²) in [7, 11) is 1.98. The fourth-order valence-corrected chi connectivity index (χ4v) is 2.60. The van der Waals surface area contributed by atoms with Crippen molar-refractivity contribution in [3.05, 3.63) is 58.9 Å². The molecule has 22 heavy (non-hydrogen) atoms. The van der Waals surface area contributed by atoms with Gasteiger partial charge in [0.2, 0.25) is 5.91 Å². The van der Waals surface area contributed by atoms with Gasteiger partial charge in [0.15, 0.2) is 0 Å². The molecule has 1 amide bonds. The highest BCUT2D eigenvalue weighted by molar-refractivity contribution is 6.33. The van der Waals surface area contributed by atoms with Crippen LogP contribution >= 0.6 is 11.6 Å². The standard InChI is InChI=1S/C17H16ClN3O/c1-11-19-15-9-12(7-8-16(15)21(11)2)10-17(22)20-14-6-4-3-5-13(14)18/h3-9H,10H2,1-2H3,(H,20,22). The van der Waals surface area contributed by atoms with Gasteiger partial charge in [-0.05, 0) is 36.8 Å². The van der Waals surface area contributed by atoms with E-state index in [1.807, 2.05) is 48.9 Å². The summed E-state index contributed by atoms with van der Waals surface area (Å²) in [4.78, 5) is 16.6. The molecule has 3 rings (SSSR count). The number of amides is 1. The van der Waals surface area contributed by atoms with E-state index in [-0.39, 0.29) is 12.3 Å². The third-order valence-electron chi connectivity index (χ3n) is 3.68. The van der Waals surface area contributed by atoms with Crippen LogP contribution in [0.25, 0.3) is 11.0 Å². The lowest BCUT2D eigenvalue weighted by Gasteiger charge is -2.07. The van der Waals surface area contributed by atoms with E-state index in [9.17, 15) is 4.79 Å². The zero-order valence-corrected chi connectivity index (χ0v) is 13.2. The second-order valence-electron chi connectivity index (χ2n) is 5.25. The molecule has 0 atom stereocenters. The molecule has 0 spiro atoms. The molecule has 1 N–H and O–H groups in total. The van der Waals surface area contributed by atoms with E-state index in [4.69, 9.17) is 11.6 Å². The van der Waals surface area contributed by atoms with Gasteiger partial charge in [0, 0.05) is 7.05 Å². The Labute approximate surface area is 133 Å². The predicted molar refractivity (Wildman–Crippen MR) is 89.2 cm³/mol. The molecule has 0 saturated carbocycles. The maximum atomic E-state index is 12.1. The summed E-state index contributed by atoms with van der Waals surface area (Å²) in [6, 6.07) is 13.1. The molecule has 4 nitrogen and oxygen atoms in total. The van der Waals surface area contributed by atoms with E-state index in [0.717, 1.165) is 22.4 Å². The van der Waals surface area contributed by atoms with E-state index in [0.29, 0.717) is 10.7 Å². The van der Waals surface area contributed by atoms with E-state index in [1.165, 1.54) is 0 Å². The van der Waals surface area contributed by atoms with E-state index in [2.05, 4.69) is 10.3 Å². The summed E-state index contributed by atoms with van der Waals surface area (Å²) in [6.07, 6.45) is 0.288. The van der Waals surface area contributed by atoms with Gasteiger partial charge in [-0.15, -0.1) is 0 Å². The van der Waals surface area contributed by atoms with Gasteiger partial charge in [0.1, 0.15) is 5.82 Å². The van der Waals surface area contributed by atoms with Gasteiger partial charge in [-0.3, -0.25) is 4.79 Å². The molecule has 1 heterocycles. The van der Waals surface area contributed by atoms with Crippen LogP contribution in [0.2, 0.25) is 5.02 Å². The highest BCUT2D eigenvalue weighted by Gasteiger charge is 2.09. The van der Waals surface area contributed by atoms with Crippen molar-refractivity contribution in [1.29, 1.82) is 0 Å². The number of aromatic nitrogens is 2. The molecule has 0 aliphatic carbocycles. The highest BCUT2D eigenvalue weighted by atomic mass is 35.5. The second-order valence-corrected chi connectivity index (χ2v) is 5.65. The number of carbonyl (C=O) groups excluding carboxylic acids is 1. The number of anilines is 1. The summed E-state index contributed by atoms with van der Waals surface area (Å²) in [5, 5.41) is 3.36. The summed E-state index contributed by atoms with van der Waals surface area (Å²) >= 11 is 6.04. The number of rotatable bonds is 3. The minimum Gasteiger partial charge on any atom is -0.331 e. The van der Waals surface area contributed by atoms with Crippen molar-refractivity contribution in [2.24, 2.45) is 7.05 Å². The smallest absolute Gasteiger partial charge is 0.228 e. The summed E-state index contributed by atoms with van der Waals surface area (Å²) in [6.45, 7) is 1.96. The maximum absolute atomic E-state index is 12.1. The zero-order chi connectivity index (χ0) is 15.7. The van der Waals surface area contributed by atoms with Crippen molar-refractivity contribution < 1.29 is 4.79 Å². The van der Waals surface area contributed by atoms with E-state index >= 15 is 0 Å². The zero-order valence-electron chi connectivity index (χ0n) is 12.4. The van der Waals surface area contributed by atoms with Crippen LogP contribution in [0.5, 0.6) is 0 Å². The van der Waals surface area contributed by atoms with Crippen LogP contribution in [0.3, 0.4) is 0 Å². The van der Waals surface area contributed by atoms with Gasteiger partial charge >= 0.3 is 0 Å². The van der Waals surface area contributed by atoms with Crippen LogP contribution in [0.15, 0.2) is 42.5 Å². The fourth-order valence-electron chi connectivity index (χ4n) is 2.42.